The largest absolute Gasteiger partial charge is 0.497 e. The maximum absolute atomic E-state index is 12.9. The van der Waals surface area contributed by atoms with Crippen LogP contribution in [0.25, 0.3) is 11.4 Å². The highest BCUT2D eigenvalue weighted by atomic mass is 16.5. The first-order valence-electron chi connectivity index (χ1n) is 8.41. The number of fused-ring (bicyclic) bond motifs is 1. The highest BCUT2D eigenvalue weighted by molar-refractivity contribution is 5.82. The Balaban J connectivity index is 1.61. The molecule has 8 heteroatoms. The van der Waals surface area contributed by atoms with E-state index in [0.29, 0.717) is 18.9 Å². The molecule has 134 valence electrons. The second-order valence-corrected chi connectivity index (χ2v) is 6.43. The van der Waals surface area contributed by atoms with Gasteiger partial charge in [0, 0.05) is 19.8 Å². The summed E-state index contributed by atoms with van der Waals surface area (Å²) in [7, 11) is 3.49. The number of rotatable bonds is 4. The van der Waals surface area contributed by atoms with Crippen LogP contribution in [0.3, 0.4) is 0 Å². The lowest BCUT2D eigenvalue weighted by atomic mass is 10.1. The highest BCUT2D eigenvalue weighted by Crippen LogP contribution is 2.29. The number of carbonyl (C=O) groups is 1. The van der Waals surface area contributed by atoms with Gasteiger partial charge >= 0.3 is 0 Å². The molecule has 0 bridgehead atoms. The van der Waals surface area contributed by atoms with Gasteiger partial charge in [0.1, 0.15) is 11.8 Å². The van der Waals surface area contributed by atoms with E-state index in [1.54, 1.807) is 18.0 Å². The Morgan fingerprint density at radius 2 is 2.00 bits per heavy atom. The Morgan fingerprint density at radius 1 is 1.23 bits per heavy atom. The molecule has 1 amide bonds. The van der Waals surface area contributed by atoms with Crippen molar-refractivity contribution in [1.82, 2.24) is 29.4 Å². The van der Waals surface area contributed by atoms with Gasteiger partial charge in [-0.05, 0) is 24.6 Å². The Labute approximate surface area is 151 Å². The van der Waals surface area contributed by atoms with Crippen molar-refractivity contribution in [2.75, 3.05) is 7.11 Å². The first kappa shape index (κ1) is 16.3. The Bertz CT molecular complexity index is 943. The molecule has 26 heavy (non-hydrogen) atoms. The summed E-state index contributed by atoms with van der Waals surface area (Å²) < 4.78 is 8.80. The number of ether oxygens (including phenoxy) is 1. The van der Waals surface area contributed by atoms with Gasteiger partial charge in [-0.25, -0.2) is 0 Å². The van der Waals surface area contributed by atoms with Crippen molar-refractivity contribution in [3.8, 4) is 17.1 Å². The summed E-state index contributed by atoms with van der Waals surface area (Å²) in [5.74, 6) is 2.31. The van der Waals surface area contributed by atoms with Crippen molar-refractivity contribution in [2.24, 2.45) is 7.05 Å². The van der Waals surface area contributed by atoms with E-state index in [4.69, 9.17) is 4.74 Å². The average Bonchev–Trinajstić information content (AvgIpc) is 3.26. The zero-order valence-electron chi connectivity index (χ0n) is 15.0. The van der Waals surface area contributed by atoms with E-state index in [0.717, 1.165) is 22.7 Å². The summed E-state index contributed by atoms with van der Waals surface area (Å²) in [5.41, 5.74) is 1.90. The fraction of sp³-hybridized carbons (Fsp3) is 0.333. The number of amides is 1. The van der Waals surface area contributed by atoms with E-state index >= 15 is 0 Å². The van der Waals surface area contributed by atoms with Crippen LogP contribution in [0.15, 0.2) is 36.7 Å². The molecular formula is C18H20N6O2. The van der Waals surface area contributed by atoms with Crippen molar-refractivity contribution in [2.45, 2.75) is 26.1 Å². The molecule has 1 aliphatic heterocycles. The first-order valence-corrected chi connectivity index (χ1v) is 8.41. The van der Waals surface area contributed by atoms with Gasteiger partial charge in [-0.2, -0.15) is 5.10 Å². The number of benzene rings is 1. The monoisotopic (exact) mass is 352 g/mol. The van der Waals surface area contributed by atoms with Gasteiger partial charge in [-0.1, -0.05) is 12.1 Å². The summed E-state index contributed by atoms with van der Waals surface area (Å²) >= 11 is 0. The van der Waals surface area contributed by atoms with Crippen LogP contribution in [-0.2, 0) is 24.9 Å². The van der Waals surface area contributed by atoms with Crippen molar-refractivity contribution in [1.29, 1.82) is 0 Å². The SMILES string of the molecule is COc1ccc(CN2Cc3nnc(-c4cnn(C)c4)n3[C@@H](C)C2=O)cc1. The molecule has 3 aromatic rings. The fourth-order valence-corrected chi connectivity index (χ4v) is 3.28. The van der Waals surface area contributed by atoms with Gasteiger partial charge in [-0.15, -0.1) is 10.2 Å². The van der Waals surface area contributed by atoms with Crippen LogP contribution in [0.2, 0.25) is 0 Å². The highest BCUT2D eigenvalue weighted by Gasteiger charge is 2.33. The van der Waals surface area contributed by atoms with Gasteiger partial charge in [-0.3, -0.25) is 14.0 Å². The van der Waals surface area contributed by atoms with E-state index in [2.05, 4.69) is 15.3 Å². The minimum absolute atomic E-state index is 0.0539. The summed E-state index contributed by atoms with van der Waals surface area (Å²) in [6, 6.07) is 7.38. The lowest BCUT2D eigenvalue weighted by molar-refractivity contribution is -0.137. The molecule has 0 unspecified atom stereocenters. The minimum Gasteiger partial charge on any atom is -0.497 e. The number of hydrogen-bond acceptors (Lipinski definition) is 5. The molecule has 0 fully saturated rings. The Hall–Kier alpha value is -3.16. The molecule has 1 aromatic carbocycles. The van der Waals surface area contributed by atoms with Crippen LogP contribution in [0.5, 0.6) is 5.75 Å². The molecule has 0 N–H and O–H groups in total. The maximum Gasteiger partial charge on any atom is 0.246 e. The fourth-order valence-electron chi connectivity index (χ4n) is 3.28. The predicted molar refractivity (Wildman–Crippen MR) is 94.2 cm³/mol. The van der Waals surface area contributed by atoms with Gasteiger partial charge in [0.25, 0.3) is 0 Å². The summed E-state index contributed by atoms with van der Waals surface area (Å²) in [6.45, 7) is 2.85. The summed E-state index contributed by atoms with van der Waals surface area (Å²) in [5, 5.41) is 12.8. The Kier molecular flexibility index (Phi) is 3.95. The second-order valence-electron chi connectivity index (χ2n) is 6.43. The molecule has 8 nitrogen and oxygen atoms in total. The third-order valence-electron chi connectivity index (χ3n) is 4.65. The topological polar surface area (TPSA) is 78.1 Å². The van der Waals surface area contributed by atoms with E-state index in [9.17, 15) is 4.79 Å². The molecule has 3 heterocycles. The van der Waals surface area contributed by atoms with Gasteiger partial charge in [0.2, 0.25) is 5.91 Å². The minimum atomic E-state index is -0.359. The molecule has 1 aliphatic rings. The lowest BCUT2D eigenvalue weighted by Gasteiger charge is -2.32. The molecule has 2 aromatic heterocycles. The number of carbonyl (C=O) groups excluding carboxylic acids is 1. The molecule has 0 aliphatic carbocycles. The second kappa shape index (κ2) is 6.29. The maximum atomic E-state index is 12.9. The predicted octanol–water partition coefficient (Wildman–Crippen LogP) is 1.79. The molecule has 0 saturated carbocycles. The first-order chi connectivity index (χ1) is 12.6. The third kappa shape index (κ3) is 2.73. The van der Waals surface area contributed by atoms with Crippen LogP contribution < -0.4 is 4.74 Å². The van der Waals surface area contributed by atoms with E-state index < -0.39 is 0 Å². The van der Waals surface area contributed by atoms with Crippen LogP contribution in [0.1, 0.15) is 24.4 Å². The van der Waals surface area contributed by atoms with E-state index in [1.807, 2.05) is 53.9 Å². The van der Waals surface area contributed by atoms with Crippen LogP contribution >= 0.6 is 0 Å². The van der Waals surface area contributed by atoms with Gasteiger partial charge in [0.15, 0.2) is 11.6 Å². The molecule has 0 spiro atoms. The normalized spacial score (nSPS) is 16.7. The number of nitrogens with zero attached hydrogens (tertiary/aromatic N) is 6. The molecule has 4 rings (SSSR count). The van der Waals surface area contributed by atoms with Crippen molar-refractivity contribution >= 4 is 5.91 Å². The Morgan fingerprint density at radius 3 is 2.65 bits per heavy atom. The van der Waals surface area contributed by atoms with Crippen LogP contribution in [0, 0.1) is 0 Å². The zero-order chi connectivity index (χ0) is 18.3. The molecule has 0 radical (unpaired) electrons. The van der Waals surface area contributed by atoms with Crippen molar-refractivity contribution in [3.63, 3.8) is 0 Å². The average molecular weight is 352 g/mol. The van der Waals surface area contributed by atoms with Crippen molar-refractivity contribution in [3.05, 3.63) is 48.0 Å². The summed E-state index contributed by atoms with van der Waals surface area (Å²) in [4.78, 5) is 14.7. The molecular weight excluding hydrogens is 332 g/mol. The quantitative estimate of drug-likeness (QED) is 0.715. The van der Waals surface area contributed by atoms with Crippen LogP contribution in [0.4, 0.5) is 0 Å². The van der Waals surface area contributed by atoms with Gasteiger partial charge in [0.05, 0.1) is 25.4 Å². The van der Waals surface area contributed by atoms with E-state index in [1.165, 1.54) is 0 Å². The molecule has 1 atom stereocenters. The third-order valence-corrected chi connectivity index (χ3v) is 4.65. The smallest absolute Gasteiger partial charge is 0.246 e. The van der Waals surface area contributed by atoms with Gasteiger partial charge < -0.3 is 9.64 Å². The lowest BCUT2D eigenvalue weighted by Crippen LogP contribution is -2.41. The van der Waals surface area contributed by atoms with E-state index in [-0.39, 0.29) is 11.9 Å². The standard InChI is InChI=1S/C18H20N6O2/c1-12-18(25)23(9-13-4-6-15(26-3)7-5-13)11-16-20-21-17(24(12)16)14-8-19-22(2)10-14/h4-8,10,12H,9,11H2,1-3H3/t12-/m0/s1. The van der Waals surface area contributed by atoms with Crippen LogP contribution in [-0.4, -0.2) is 42.5 Å². The summed E-state index contributed by atoms with van der Waals surface area (Å²) in [6.07, 6.45) is 3.61. The zero-order valence-corrected chi connectivity index (χ0v) is 15.0. The van der Waals surface area contributed by atoms with Crippen molar-refractivity contribution < 1.29 is 9.53 Å². The number of hydrogen-bond donors (Lipinski definition) is 0. The number of aryl methyl sites for hydroxylation is 1. The number of methoxy groups -OCH3 is 1. The number of aromatic nitrogens is 5. The molecule has 0 saturated heterocycles.